The second-order valence-corrected chi connectivity index (χ2v) is 3.10. The van der Waals surface area contributed by atoms with Crippen molar-refractivity contribution in [2.45, 2.75) is 0 Å². The van der Waals surface area contributed by atoms with Gasteiger partial charge in [-0.25, -0.2) is 4.39 Å². The molecule has 1 rings (SSSR count). The number of anilines is 1. The first-order valence-corrected chi connectivity index (χ1v) is 4.42. The molecular formula is C8H8ClFN2O3. The first-order valence-electron chi connectivity index (χ1n) is 4.04. The molecule has 0 atom stereocenters. The molecule has 2 N–H and O–H groups in total. The van der Waals surface area contributed by atoms with Crippen LogP contribution in [-0.4, -0.2) is 23.2 Å². The van der Waals surface area contributed by atoms with E-state index in [1.807, 2.05) is 0 Å². The van der Waals surface area contributed by atoms with E-state index < -0.39 is 16.4 Å². The number of nitro benzene ring substituents is 1. The molecule has 7 heteroatoms. The largest absolute Gasteiger partial charge is 0.395 e. The monoisotopic (exact) mass is 234 g/mol. The van der Waals surface area contributed by atoms with Crippen molar-refractivity contribution in [3.8, 4) is 0 Å². The number of benzene rings is 1. The van der Waals surface area contributed by atoms with Gasteiger partial charge in [-0.1, -0.05) is 11.6 Å². The van der Waals surface area contributed by atoms with Crippen LogP contribution < -0.4 is 5.32 Å². The van der Waals surface area contributed by atoms with Crippen LogP contribution in [-0.2, 0) is 0 Å². The Hall–Kier alpha value is -1.40. The molecule has 0 aliphatic rings. The third-order valence-corrected chi connectivity index (χ3v) is 1.95. The highest BCUT2D eigenvalue weighted by atomic mass is 35.5. The second-order valence-electron chi connectivity index (χ2n) is 2.69. The highest BCUT2D eigenvalue weighted by molar-refractivity contribution is 6.31. The Morgan fingerprint density at radius 3 is 2.80 bits per heavy atom. The predicted molar refractivity (Wildman–Crippen MR) is 53.6 cm³/mol. The number of rotatable bonds is 4. The van der Waals surface area contributed by atoms with Gasteiger partial charge in [0, 0.05) is 6.54 Å². The molecule has 0 bridgehead atoms. The van der Waals surface area contributed by atoms with Gasteiger partial charge in [-0.2, -0.15) is 0 Å². The van der Waals surface area contributed by atoms with Crippen molar-refractivity contribution in [2.75, 3.05) is 18.5 Å². The number of nitrogens with zero attached hydrogens (tertiary/aromatic N) is 1. The lowest BCUT2D eigenvalue weighted by molar-refractivity contribution is -0.384. The average molecular weight is 235 g/mol. The number of halogens is 2. The number of aliphatic hydroxyl groups is 1. The Balaban J connectivity index is 3.10. The van der Waals surface area contributed by atoms with Gasteiger partial charge in [-0.05, 0) is 6.07 Å². The van der Waals surface area contributed by atoms with E-state index in [2.05, 4.69) is 5.32 Å². The molecule has 0 saturated carbocycles. The van der Waals surface area contributed by atoms with Gasteiger partial charge in [0.15, 0.2) is 0 Å². The van der Waals surface area contributed by atoms with Gasteiger partial charge in [0.05, 0.1) is 22.6 Å². The van der Waals surface area contributed by atoms with Gasteiger partial charge >= 0.3 is 0 Å². The standard InChI is InChI=1S/C8H8ClFN2O3/c9-5-3-7(11-1-2-13)8(12(14)15)4-6(5)10/h3-4,11,13H,1-2H2. The Morgan fingerprint density at radius 2 is 2.27 bits per heavy atom. The summed E-state index contributed by atoms with van der Waals surface area (Å²) >= 11 is 5.47. The van der Waals surface area contributed by atoms with Crippen molar-refractivity contribution in [1.29, 1.82) is 0 Å². The Morgan fingerprint density at radius 1 is 1.60 bits per heavy atom. The van der Waals surface area contributed by atoms with Gasteiger partial charge < -0.3 is 10.4 Å². The fourth-order valence-corrected chi connectivity index (χ4v) is 1.18. The minimum Gasteiger partial charge on any atom is -0.395 e. The summed E-state index contributed by atoms with van der Waals surface area (Å²) in [7, 11) is 0. The number of nitrogens with one attached hydrogen (secondary N) is 1. The lowest BCUT2D eigenvalue weighted by atomic mass is 10.2. The van der Waals surface area contributed by atoms with E-state index in [-0.39, 0.29) is 23.9 Å². The van der Waals surface area contributed by atoms with E-state index in [0.29, 0.717) is 0 Å². The topological polar surface area (TPSA) is 75.4 Å². The van der Waals surface area contributed by atoms with E-state index in [4.69, 9.17) is 16.7 Å². The average Bonchev–Trinajstić information content (AvgIpc) is 2.19. The van der Waals surface area contributed by atoms with Crippen LogP contribution in [0.2, 0.25) is 5.02 Å². The Kier molecular flexibility index (Phi) is 3.81. The minimum atomic E-state index is -0.849. The van der Waals surface area contributed by atoms with Gasteiger partial charge in [0.2, 0.25) is 0 Å². The molecule has 0 heterocycles. The van der Waals surface area contributed by atoms with Gasteiger partial charge in [0.25, 0.3) is 5.69 Å². The number of nitro groups is 1. The molecule has 0 amide bonds. The summed E-state index contributed by atoms with van der Waals surface area (Å²) in [6.45, 7) is -0.0606. The zero-order valence-corrected chi connectivity index (χ0v) is 8.29. The van der Waals surface area contributed by atoms with Crippen LogP contribution in [0, 0.1) is 15.9 Å². The Bertz CT molecular complexity index is 386. The van der Waals surface area contributed by atoms with Crippen molar-refractivity contribution in [2.24, 2.45) is 0 Å². The number of hydrogen-bond donors (Lipinski definition) is 2. The molecule has 15 heavy (non-hydrogen) atoms. The maximum Gasteiger partial charge on any atom is 0.295 e. The molecule has 1 aromatic carbocycles. The third kappa shape index (κ3) is 2.77. The van der Waals surface area contributed by atoms with Crippen molar-refractivity contribution >= 4 is 23.0 Å². The molecule has 0 saturated heterocycles. The van der Waals surface area contributed by atoms with Crippen LogP contribution in [0.25, 0.3) is 0 Å². The van der Waals surface area contributed by atoms with E-state index in [0.717, 1.165) is 12.1 Å². The molecule has 1 aromatic rings. The van der Waals surface area contributed by atoms with Crippen molar-refractivity contribution in [3.63, 3.8) is 0 Å². The van der Waals surface area contributed by atoms with Crippen LogP contribution in [0.15, 0.2) is 12.1 Å². The zero-order valence-electron chi connectivity index (χ0n) is 7.54. The van der Waals surface area contributed by atoms with Gasteiger partial charge in [-0.15, -0.1) is 0 Å². The zero-order chi connectivity index (χ0) is 11.4. The number of hydrogen-bond acceptors (Lipinski definition) is 4. The normalized spacial score (nSPS) is 10.1. The smallest absolute Gasteiger partial charge is 0.295 e. The van der Waals surface area contributed by atoms with Gasteiger partial charge in [-0.3, -0.25) is 10.1 Å². The molecule has 0 radical (unpaired) electrons. The quantitative estimate of drug-likeness (QED) is 0.615. The molecule has 0 aliphatic heterocycles. The van der Waals surface area contributed by atoms with Crippen LogP contribution >= 0.6 is 11.6 Å². The molecule has 0 aromatic heterocycles. The van der Waals surface area contributed by atoms with E-state index >= 15 is 0 Å². The summed E-state index contributed by atoms with van der Waals surface area (Å²) in [5.74, 6) is -0.849. The first kappa shape index (κ1) is 11.7. The molecular weight excluding hydrogens is 227 g/mol. The summed E-state index contributed by atoms with van der Waals surface area (Å²) in [5, 5.41) is 21.4. The number of aliphatic hydroxyl groups excluding tert-OH is 1. The van der Waals surface area contributed by atoms with Gasteiger partial charge in [0.1, 0.15) is 11.5 Å². The molecule has 0 spiro atoms. The van der Waals surface area contributed by atoms with Crippen LogP contribution in [0.5, 0.6) is 0 Å². The van der Waals surface area contributed by atoms with Crippen molar-refractivity contribution in [1.82, 2.24) is 0 Å². The SMILES string of the molecule is O=[N+]([O-])c1cc(F)c(Cl)cc1NCCO. The fraction of sp³-hybridized carbons (Fsp3) is 0.250. The summed E-state index contributed by atoms with van der Waals surface area (Å²) in [5.41, 5.74) is -0.328. The second kappa shape index (κ2) is 4.90. The van der Waals surface area contributed by atoms with Crippen LogP contribution in [0.1, 0.15) is 0 Å². The summed E-state index contributed by atoms with van der Waals surface area (Å²) in [4.78, 5) is 9.82. The molecule has 82 valence electrons. The fourth-order valence-electron chi connectivity index (χ4n) is 1.02. The van der Waals surface area contributed by atoms with Crippen LogP contribution in [0.3, 0.4) is 0 Å². The lowest BCUT2D eigenvalue weighted by Gasteiger charge is -2.06. The summed E-state index contributed by atoms with van der Waals surface area (Å²) in [6.07, 6.45) is 0. The van der Waals surface area contributed by atoms with Crippen molar-refractivity contribution in [3.05, 3.63) is 33.1 Å². The minimum absolute atomic E-state index is 0.0838. The molecule has 0 unspecified atom stereocenters. The molecule has 0 aliphatic carbocycles. The highest BCUT2D eigenvalue weighted by Crippen LogP contribution is 2.29. The van der Waals surface area contributed by atoms with E-state index in [1.54, 1.807) is 0 Å². The summed E-state index contributed by atoms with van der Waals surface area (Å²) in [6, 6.07) is 1.85. The van der Waals surface area contributed by atoms with Crippen LogP contribution in [0.4, 0.5) is 15.8 Å². The third-order valence-electron chi connectivity index (χ3n) is 1.66. The molecule has 0 fully saturated rings. The highest BCUT2D eigenvalue weighted by Gasteiger charge is 2.17. The van der Waals surface area contributed by atoms with E-state index in [1.165, 1.54) is 0 Å². The lowest BCUT2D eigenvalue weighted by Crippen LogP contribution is -2.07. The predicted octanol–water partition coefficient (Wildman–Crippen LogP) is 1.79. The van der Waals surface area contributed by atoms with E-state index in [9.17, 15) is 14.5 Å². The maximum atomic E-state index is 12.9. The Labute approximate surface area is 89.6 Å². The molecule has 5 nitrogen and oxygen atoms in total. The van der Waals surface area contributed by atoms with Crippen molar-refractivity contribution < 1.29 is 14.4 Å². The summed E-state index contributed by atoms with van der Waals surface area (Å²) < 4.78 is 12.9. The first-order chi connectivity index (χ1) is 7.06. The maximum absolute atomic E-state index is 12.9.